The van der Waals surface area contributed by atoms with Crippen LogP contribution in [0, 0.1) is 11.2 Å². The number of hydrogen-bond acceptors (Lipinski definition) is 1. The fourth-order valence-corrected chi connectivity index (χ4v) is 3.80. The van der Waals surface area contributed by atoms with Crippen molar-refractivity contribution >= 4 is 0 Å². The van der Waals surface area contributed by atoms with Crippen LogP contribution < -0.4 is 0 Å². The molecule has 1 aromatic carbocycles. The first-order chi connectivity index (χ1) is 8.20. The van der Waals surface area contributed by atoms with Crippen molar-refractivity contribution in [2.24, 2.45) is 5.41 Å². The minimum atomic E-state index is -0.0501. The highest BCUT2D eigenvalue weighted by molar-refractivity contribution is 5.29. The summed E-state index contributed by atoms with van der Waals surface area (Å²) in [6.07, 6.45) is 6.27. The molecule has 0 aromatic heterocycles. The number of aliphatic hydroxyl groups excluding tert-OH is 1. The molecule has 0 spiro atoms. The molecule has 0 radical (unpaired) electrons. The molecule has 1 N–H and O–H groups in total. The van der Waals surface area contributed by atoms with Crippen molar-refractivity contribution in [3.05, 3.63) is 35.6 Å². The molecular formula is C15H19FO. The van der Waals surface area contributed by atoms with E-state index in [0.717, 1.165) is 44.1 Å². The molecule has 2 heteroatoms. The molecule has 3 saturated carbocycles. The van der Waals surface area contributed by atoms with E-state index in [9.17, 15) is 9.50 Å². The maximum absolute atomic E-state index is 14.0. The number of aliphatic hydroxyl groups is 1. The van der Waals surface area contributed by atoms with Gasteiger partial charge in [0.15, 0.2) is 0 Å². The highest BCUT2D eigenvalue weighted by Gasteiger charge is 2.49. The zero-order valence-electron chi connectivity index (χ0n) is 10.1. The second kappa shape index (κ2) is 3.81. The summed E-state index contributed by atoms with van der Waals surface area (Å²) >= 11 is 0. The minimum Gasteiger partial charge on any atom is -0.396 e. The van der Waals surface area contributed by atoms with Gasteiger partial charge in [-0.15, -0.1) is 0 Å². The van der Waals surface area contributed by atoms with Crippen LogP contribution >= 0.6 is 0 Å². The maximum Gasteiger partial charge on any atom is 0.126 e. The molecule has 0 heterocycles. The molecule has 0 aliphatic heterocycles. The Morgan fingerprint density at radius 2 is 1.59 bits per heavy atom. The van der Waals surface area contributed by atoms with Crippen molar-refractivity contribution in [2.75, 3.05) is 6.61 Å². The zero-order valence-corrected chi connectivity index (χ0v) is 10.1. The van der Waals surface area contributed by atoms with Gasteiger partial charge in [-0.3, -0.25) is 0 Å². The van der Waals surface area contributed by atoms with E-state index in [1.54, 1.807) is 12.1 Å². The fraction of sp³-hybridized carbons (Fsp3) is 0.600. The average Bonchev–Trinajstić information content (AvgIpc) is 2.41. The van der Waals surface area contributed by atoms with E-state index in [0.29, 0.717) is 6.61 Å². The van der Waals surface area contributed by atoms with Gasteiger partial charge in [-0.1, -0.05) is 18.2 Å². The van der Waals surface area contributed by atoms with Crippen molar-refractivity contribution in [3.8, 4) is 0 Å². The quantitative estimate of drug-likeness (QED) is 0.831. The van der Waals surface area contributed by atoms with Gasteiger partial charge < -0.3 is 5.11 Å². The van der Waals surface area contributed by atoms with E-state index in [1.165, 1.54) is 0 Å². The first-order valence-corrected chi connectivity index (χ1v) is 6.56. The lowest BCUT2D eigenvalue weighted by molar-refractivity contribution is -0.00796. The van der Waals surface area contributed by atoms with Gasteiger partial charge in [0.25, 0.3) is 0 Å². The molecule has 1 nitrogen and oxygen atoms in total. The summed E-state index contributed by atoms with van der Waals surface area (Å²) in [5.74, 6) is -0.0501. The Morgan fingerprint density at radius 1 is 1.00 bits per heavy atom. The van der Waals surface area contributed by atoms with E-state index in [4.69, 9.17) is 0 Å². The van der Waals surface area contributed by atoms with Crippen LogP contribution in [0.4, 0.5) is 4.39 Å². The van der Waals surface area contributed by atoms with Crippen LogP contribution in [-0.4, -0.2) is 11.7 Å². The Kier molecular flexibility index (Phi) is 2.51. The van der Waals surface area contributed by atoms with Crippen LogP contribution in [0.2, 0.25) is 0 Å². The highest BCUT2D eigenvalue weighted by atomic mass is 19.1. The molecule has 0 unspecified atom stereocenters. The molecule has 0 saturated heterocycles. The summed E-state index contributed by atoms with van der Waals surface area (Å²) in [6, 6.07) is 7.23. The van der Waals surface area contributed by atoms with Gasteiger partial charge >= 0.3 is 0 Å². The molecular weight excluding hydrogens is 215 g/mol. The van der Waals surface area contributed by atoms with Crippen molar-refractivity contribution in [2.45, 2.75) is 43.9 Å². The molecule has 4 rings (SSSR count). The molecule has 3 fully saturated rings. The molecule has 3 aliphatic carbocycles. The lowest BCUT2D eigenvalue weighted by atomic mass is 9.52. The lowest BCUT2D eigenvalue weighted by Crippen LogP contribution is -2.46. The molecule has 2 bridgehead atoms. The Balaban J connectivity index is 1.93. The van der Waals surface area contributed by atoms with Crippen LogP contribution in [0.25, 0.3) is 0 Å². The van der Waals surface area contributed by atoms with Crippen LogP contribution in [0.5, 0.6) is 0 Å². The molecule has 17 heavy (non-hydrogen) atoms. The Hall–Kier alpha value is -0.890. The number of rotatable bonds is 2. The predicted octanol–water partition coefficient (Wildman–Crippen LogP) is 3.41. The SMILES string of the molecule is OCC12CCC(c3ccccc3F)(CC1)CC2. The van der Waals surface area contributed by atoms with E-state index in [-0.39, 0.29) is 16.6 Å². The molecule has 0 amide bonds. The van der Waals surface area contributed by atoms with Crippen molar-refractivity contribution in [1.29, 1.82) is 0 Å². The average molecular weight is 234 g/mol. The third-order valence-corrected chi connectivity index (χ3v) is 5.18. The standard InChI is InChI=1S/C15H19FO/c16-13-4-2-1-3-12(13)15-8-5-14(11-17,6-9-15)7-10-15/h1-4,17H,5-11H2. The van der Waals surface area contributed by atoms with Crippen LogP contribution in [0.1, 0.15) is 44.1 Å². The zero-order chi connectivity index (χ0) is 11.9. The van der Waals surface area contributed by atoms with E-state index in [1.807, 2.05) is 12.1 Å². The third-order valence-electron chi connectivity index (χ3n) is 5.18. The monoisotopic (exact) mass is 234 g/mol. The second-order valence-corrected chi connectivity index (χ2v) is 5.92. The number of hydrogen-bond donors (Lipinski definition) is 1. The minimum absolute atomic E-state index is 0.0501. The lowest BCUT2D eigenvalue weighted by Gasteiger charge is -2.53. The van der Waals surface area contributed by atoms with Gasteiger partial charge in [0.2, 0.25) is 0 Å². The number of halogens is 1. The molecule has 0 atom stereocenters. The number of fused-ring (bicyclic) bond motifs is 3. The van der Waals surface area contributed by atoms with Crippen molar-refractivity contribution < 1.29 is 9.50 Å². The Labute approximate surface area is 102 Å². The van der Waals surface area contributed by atoms with Gasteiger partial charge in [-0.2, -0.15) is 0 Å². The molecule has 92 valence electrons. The van der Waals surface area contributed by atoms with Crippen molar-refractivity contribution in [3.63, 3.8) is 0 Å². The summed E-state index contributed by atoms with van der Waals surface area (Å²) in [4.78, 5) is 0. The van der Waals surface area contributed by atoms with Gasteiger partial charge in [-0.05, 0) is 61.0 Å². The molecule has 3 aliphatic rings. The Morgan fingerprint density at radius 3 is 2.12 bits per heavy atom. The smallest absolute Gasteiger partial charge is 0.126 e. The Bertz CT molecular complexity index is 402. The highest BCUT2D eigenvalue weighted by Crippen LogP contribution is 2.57. The molecule has 1 aromatic rings. The largest absolute Gasteiger partial charge is 0.396 e. The van der Waals surface area contributed by atoms with Crippen LogP contribution in [0.15, 0.2) is 24.3 Å². The fourth-order valence-electron chi connectivity index (χ4n) is 3.80. The summed E-state index contributed by atoms with van der Waals surface area (Å²) in [6.45, 7) is 0.306. The summed E-state index contributed by atoms with van der Waals surface area (Å²) in [7, 11) is 0. The number of benzene rings is 1. The predicted molar refractivity (Wildman–Crippen MR) is 65.3 cm³/mol. The second-order valence-electron chi connectivity index (χ2n) is 5.92. The van der Waals surface area contributed by atoms with Crippen LogP contribution in [0.3, 0.4) is 0 Å². The summed E-state index contributed by atoms with van der Waals surface area (Å²) in [5, 5.41) is 9.50. The normalized spacial score (nSPS) is 36.1. The van der Waals surface area contributed by atoms with E-state index >= 15 is 0 Å². The third kappa shape index (κ3) is 1.61. The van der Waals surface area contributed by atoms with Gasteiger partial charge in [0.05, 0.1) is 0 Å². The topological polar surface area (TPSA) is 20.2 Å². The van der Waals surface area contributed by atoms with Gasteiger partial charge in [0.1, 0.15) is 5.82 Å². The van der Waals surface area contributed by atoms with Crippen LogP contribution in [-0.2, 0) is 5.41 Å². The van der Waals surface area contributed by atoms with Gasteiger partial charge in [-0.25, -0.2) is 4.39 Å². The maximum atomic E-state index is 14.0. The van der Waals surface area contributed by atoms with E-state index in [2.05, 4.69) is 0 Å². The van der Waals surface area contributed by atoms with Gasteiger partial charge in [0, 0.05) is 6.61 Å². The first-order valence-electron chi connectivity index (χ1n) is 6.56. The van der Waals surface area contributed by atoms with E-state index < -0.39 is 0 Å². The summed E-state index contributed by atoms with van der Waals surface area (Å²) < 4.78 is 14.0. The first kappa shape index (κ1) is 11.2. The summed E-state index contributed by atoms with van der Waals surface area (Å²) in [5.41, 5.74) is 1.13. The van der Waals surface area contributed by atoms with Crippen molar-refractivity contribution in [1.82, 2.24) is 0 Å².